The van der Waals surface area contributed by atoms with Crippen LogP contribution in [0.5, 0.6) is 0 Å². The maximum Gasteiger partial charge on any atom is -0.0155 e. The Hall–Kier alpha value is -1.96. The minimum Gasteiger partial charge on any atom is -0.107 e. The Morgan fingerprint density at radius 1 is 0.308 bits per heavy atom. The van der Waals surface area contributed by atoms with Crippen LogP contribution in [0.3, 0.4) is 0 Å². The molecule has 0 aliphatic heterocycles. The quantitative estimate of drug-likeness (QED) is 0.295. The van der Waals surface area contributed by atoms with Crippen molar-refractivity contribution in [2.24, 2.45) is 0 Å². The van der Waals surface area contributed by atoms with Gasteiger partial charge >= 0.3 is 0 Å². The van der Waals surface area contributed by atoms with Gasteiger partial charge in [-0.25, -0.2) is 0 Å². The smallest absolute Gasteiger partial charge is 0.0155 e. The van der Waals surface area contributed by atoms with Gasteiger partial charge in [0.25, 0.3) is 0 Å². The fraction of sp³-hybridized carbons (Fsp3) is 0. The van der Waals surface area contributed by atoms with Crippen molar-refractivity contribution in [2.45, 2.75) is 0 Å². The molecule has 26 heavy (non-hydrogen) atoms. The van der Waals surface area contributed by atoms with Crippen molar-refractivity contribution >= 4 is 52.5 Å². The average Bonchev–Trinajstić information content (AvgIpc) is 2.72. The Bertz CT molecular complexity index is 759. The number of benzene rings is 4. The molecule has 0 nitrogen and oxygen atoms in total. The zero-order valence-electron chi connectivity index (χ0n) is 14.4. The lowest BCUT2D eigenvalue weighted by Crippen LogP contribution is -2.38. The van der Waals surface area contributed by atoms with Gasteiger partial charge in [-0.2, -0.15) is 0 Å². The first-order chi connectivity index (χ1) is 12.4. The topological polar surface area (TPSA) is 0 Å². The van der Waals surface area contributed by atoms with Crippen LogP contribution < -0.4 is 21.2 Å². The SMILES string of the molecule is I.c1ccc([P](c2ccccc2)(c2ccccc2)c2ccccc2)cc1. The third-order valence-corrected chi connectivity index (χ3v) is 8.86. The highest BCUT2D eigenvalue weighted by atomic mass is 127. The van der Waals surface area contributed by atoms with Crippen LogP contribution in [0.1, 0.15) is 0 Å². The van der Waals surface area contributed by atoms with Crippen LogP contribution in [-0.2, 0) is 0 Å². The molecule has 0 bridgehead atoms. The van der Waals surface area contributed by atoms with Crippen molar-refractivity contribution in [1.82, 2.24) is 0 Å². The molecule has 0 unspecified atom stereocenters. The number of rotatable bonds is 4. The Labute approximate surface area is 173 Å². The van der Waals surface area contributed by atoms with Gasteiger partial charge in [-0.1, -0.05) is 121 Å². The van der Waals surface area contributed by atoms with Crippen LogP contribution in [0.15, 0.2) is 121 Å². The van der Waals surface area contributed by atoms with Crippen molar-refractivity contribution in [3.8, 4) is 0 Å². The van der Waals surface area contributed by atoms with Crippen molar-refractivity contribution in [1.29, 1.82) is 0 Å². The van der Waals surface area contributed by atoms with Crippen LogP contribution in [0.25, 0.3) is 0 Å². The molecule has 129 valence electrons. The third-order valence-electron chi connectivity index (χ3n) is 4.57. The summed E-state index contributed by atoms with van der Waals surface area (Å²) < 4.78 is 0. The first-order valence-electron chi connectivity index (χ1n) is 8.54. The van der Waals surface area contributed by atoms with Crippen molar-refractivity contribution in [2.75, 3.05) is 0 Å². The number of halogens is 1. The summed E-state index contributed by atoms with van der Waals surface area (Å²) in [5.74, 6) is 0. The fourth-order valence-electron chi connectivity index (χ4n) is 3.50. The summed E-state index contributed by atoms with van der Waals surface area (Å²) >= 11 is 0. The van der Waals surface area contributed by atoms with E-state index in [1.54, 1.807) is 0 Å². The maximum absolute atomic E-state index is 2.28. The first-order valence-corrected chi connectivity index (χ1v) is 10.3. The summed E-state index contributed by atoms with van der Waals surface area (Å²) in [5, 5.41) is 5.55. The minimum atomic E-state index is -1.91. The summed E-state index contributed by atoms with van der Waals surface area (Å²) in [5.41, 5.74) is 0. The van der Waals surface area contributed by atoms with Gasteiger partial charge in [0.1, 0.15) is 0 Å². The van der Waals surface area contributed by atoms with Crippen LogP contribution in [-0.4, -0.2) is 0 Å². The highest BCUT2D eigenvalue weighted by Gasteiger charge is 2.35. The minimum absolute atomic E-state index is 0. The van der Waals surface area contributed by atoms with E-state index < -0.39 is 7.26 Å². The van der Waals surface area contributed by atoms with Crippen LogP contribution >= 0.6 is 31.2 Å². The van der Waals surface area contributed by atoms with E-state index in [4.69, 9.17) is 0 Å². The summed E-state index contributed by atoms with van der Waals surface area (Å²) in [6.07, 6.45) is 0. The highest BCUT2D eigenvalue weighted by molar-refractivity contribution is 14.0. The van der Waals surface area contributed by atoms with Crippen LogP contribution in [0, 0.1) is 0 Å². The number of hydrogen-bond acceptors (Lipinski definition) is 0. The van der Waals surface area contributed by atoms with E-state index in [-0.39, 0.29) is 24.0 Å². The lowest BCUT2D eigenvalue weighted by molar-refractivity contribution is 1.71. The molecule has 0 aliphatic rings. The molecule has 0 aliphatic carbocycles. The molecule has 0 N–H and O–H groups in total. The van der Waals surface area contributed by atoms with Crippen LogP contribution in [0.4, 0.5) is 0 Å². The Morgan fingerprint density at radius 3 is 0.692 bits per heavy atom. The van der Waals surface area contributed by atoms with Gasteiger partial charge in [-0.15, -0.1) is 24.0 Å². The van der Waals surface area contributed by atoms with Crippen LogP contribution in [0.2, 0.25) is 0 Å². The molecule has 4 rings (SSSR count). The van der Waals surface area contributed by atoms with Gasteiger partial charge in [-0.05, 0) is 28.5 Å². The molecular formula is C24H21IP. The molecular weight excluding hydrogens is 446 g/mol. The van der Waals surface area contributed by atoms with Gasteiger partial charge in [0, 0.05) is 0 Å². The predicted octanol–water partition coefficient (Wildman–Crippen LogP) is 4.92. The summed E-state index contributed by atoms with van der Waals surface area (Å²) in [6, 6.07) is 43.8. The second-order valence-electron chi connectivity index (χ2n) is 6.01. The van der Waals surface area contributed by atoms with E-state index in [1.165, 1.54) is 21.2 Å². The van der Waals surface area contributed by atoms with Gasteiger partial charge in [0.05, 0.1) is 0 Å². The molecule has 0 saturated carbocycles. The molecule has 0 aromatic heterocycles. The summed E-state index contributed by atoms with van der Waals surface area (Å²) in [7, 11) is -1.91. The molecule has 0 heterocycles. The highest BCUT2D eigenvalue weighted by Crippen LogP contribution is 2.53. The van der Waals surface area contributed by atoms with Gasteiger partial charge in [0.2, 0.25) is 0 Å². The number of hydrogen-bond donors (Lipinski definition) is 0. The summed E-state index contributed by atoms with van der Waals surface area (Å²) in [4.78, 5) is 0. The van der Waals surface area contributed by atoms with Gasteiger partial charge < -0.3 is 0 Å². The normalized spacial score (nSPS) is 10.8. The molecule has 0 spiro atoms. The molecule has 4 aromatic rings. The van der Waals surface area contributed by atoms with Gasteiger partial charge in [-0.3, -0.25) is 0 Å². The van der Waals surface area contributed by atoms with Gasteiger partial charge in [0.15, 0.2) is 0 Å². The lowest BCUT2D eigenvalue weighted by Gasteiger charge is -2.38. The maximum atomic E-state index is 2.28. The van der Waals surface area contributed by atoms with E-state index >= 15 is 0 Å². The first kappa shape index (κ1) is 18.8. The molecule has 1 radical (unpaired) electrons. The molecule has 2 heteroatoms. The van der Waals surface area contributed by atoms with Crippen molar-refractivity contribution in [3.05, 3.63) is 121 Å². The third kappa shape index (κ3) is 3.34. The largest absolute Gasteiger partial charge is 0.107 e. The average molecular weight is 467 g/mol. The second-order valence-corrected chi connectivity index (χ2v) is 9.42. The molecule has 4 aromatic carbocycles. The lowest BCUT2D eigenvalue weighted by atomic mass is 10.3. The summed E-state index contributed by atoms with van der Waals surface area (Å²) in [6.45, 7) is 0. The zero-order chi connectivity index (χ0) is 17.0. The molecule has 0 fully saturated rings. The zero-order valence-corrected chi connectivity index (χ0v) is 17.6. The standard InChI is InChI=1S/C24H20P.HI/c1-5-13-21(14-6-1)25(22-15-7-2-8-16-22,23-17-9-3-10-18-23)24-19-11-4-12-20-24;/h1-20H;1H. The van der Waals surface area contributed by atoms with E-state index in [1.807, 2.05) is 0 Å². The van der Waals surface area contributed by atoms with Crippen molar-refractivity contribution < 1.29 is 0 Å². The predicted molar refractivity (Wildman–Crippen MR) is 127 cm³/mol. The fourth-order valence-corrected chi connectivity index (χ4v) is 7.77. The molecule has 0 saturated heterocycles. The Balaban J connectivity index is 0.00000196. The monoisotopic (exact) mass is 467 g/mol. The molecule has 0 atom stereocenters. The van der Waals surface area contributed by atoms with E-state index in [2.05, 4.69) is 121 Å². The van der Waals surface area contributed by atoms with E-state index in [0.717, 1.165) is 0 Å². The molecule has 0 amide bonds. The van der Waals surface area contributed by atoms with E-state index in [0.29, 0.717) is 0 Å². The van der Waals surface area contributed by atoms with E-state index in [9.17, 15) is 0 Å². The Morgan fingerprint density at radius 2 is 0.500 bits per heavy atom. The van der Waals surface area contributed by atoms with Crippen molar-refractivity contribution in [3.63, 3.8) is 0 Å². The Kier molecular flexibility index (Phi) is 6.24. The second kappa shape index (κ2) is 8.62.